The highest BCUT2D eigenvalue weighted by molar-refractivity contribution is 5.88. The Labute approximate surface area is 153 Å². The Balaban J connectivity index is 1.48. The largest absolute Gasteiger partial charge is 0.497 e. The van der Waals surface area contributed by atoms with Crippen LogP contribution >= 0.6 is 0 Å². The minimum atomic E-state index is 0.0261. The van der Waals surface area contributed by atoms with E-state index in [9.17, 15) is 4.79 Å². The van der Waals surface area contributed by atoms with Crippen molar-refractivity contribution in [1.82, 2.24) is 10.3 Å². The van der Waals surface area contributed by atoms with Crippen LogP contribution in [-0.4, -0.2) is 18.0 Å². The zero-order valence-corrected chi connectivity index (χ0v) is 15.3. The molecule has 0 saturated heterocycles. The Hall–Kier alpha value is -2.75. The van der Waals surface area contributed by atoms with Crippen LogP contribution in [0.25, 0.3) is 10.9 Å². The zero-order valence-electron chi connectivity index (χ0n) is 15.3. The highest BCUT2D eigenvalue weighted by Crippen LogP contribution is 2.33. The molecule has 2 N–H and O–H groups in total. The fourth-order valence-electron chi connectivity index (χ4n) is 3.79. The summed E-state index contributed by atoms with van der Waals surface area (Å²) in [6, 6.07) is 14.4. The number of amides is 1. The highest BCUT2D eigenvalue weighted by Gasteiger charge is 2.27. The van der Waals surface area contributed by atoms with Crippen LogP contribution in [0, 0.1) is 12.8 Å². The number of fused-ring (bicyclic) bond motifs is 3. The number of aromatic nitrogens is 1. The van der Waals surface area contributed by atoms with Crippen molar-refractivity contribution in [1.29, 1.82) is 0 Å². The number of hydrogen-bond donors (Lipinski definition) is 2. The molecule has 26 heavy (non-hydrogen) atoms. The summed E-state index contributed by atoms with van der Waals surface area (Å²) in [4.78, 5) is 16.2. The first-order valence-corrected chi connectivity index (χ1v) is 9.15. The van der Waals surface area contributed by atoms with E-state index in [1.165, 1.54) is 22.2 Å². The minimum absolute atomic E-state index is 0.0261. The Bertz CT molecular complexity index is 941. The summed E-state index contributed by atoms with van der Waals surface area (Å²) >= 11 is 0. The Morgan fingerprint density at radius 1 is 1.23 bits per heavy atom. The first-order chi connectivity index (χ1) is 12.6. The summed E-state index contributed by atoms with van der Waals surface area (Å²) < 4.78 is 5.36. The summed E-state index contributed by atoms with van der Waals surface area (Å²) in [6.45, 7) is 2.66. The molecule has 4 nitrogen and oxygen atoms in total. The first-order valence-electron chi connectivity index (χ1n) is 9.15. The summed E-state index contributed by atoms with van der Waals surface area (Å²) in [5, 5.41) is 4.28. The maximum Gasteiger partial charge on any atom is 0.223 e. The molecule has 0 fully saturated rings. The van der Waals surface area contributed by atoms with Gasteiger partial charge in [-0.15, -0.1) is 0 Å². The van der Waals surface area contributed by atoms with E-state index in [0.29, 0.717) is 6.54 Å². The van der Waals surface area contributed by atoms with Crippen molar-refractivity contribution < 1.29 is 9.53 Å². The number of aryl methyl sites for hydroxylation is 2. The molecule has 1 aliphatic rings. The van der Waals surface area contributed by atoms with Gasteiger partial charge in [-0.25, -0.2) is 0 Å². The third kappa shape index (κ3) is 3.19. The van der Waals surface area contributed by atoms with Gasteiger partial charge in [-0.2, -0.15) is 0 Å². The summed E-state index contributed by atoms with van der Waals surface area (Å²) in [6.07, 6.45) is 2.58. The lowest BCUT2D eigenvalue weighted by molar-refractivity contribution is -0.125. The van der Waals surface area contributed by atoms with Crippen LogP contribution in [0.1, 0.15) is 28.8 Å². The van der Waals surface area contributed by atoms with Gasteiger partial charge < -0.3 is 15.0 Å². The normalized spacial score (nSPS) is 16.3. The molecular weight excluding hydrogens is 324 g/mol. The van der Waals surface area contributed by atoms with Gasteiger partial charge in [0.05, 0.1) is 7.11 Å². The molecule has 4 heteroatoms. The van der Waals surface area contributed by atoms with E-state index in [0.717, 1.165) is 36.1 Å². The van der Waals surface area contributed by atoms with Gasteiger partial charge in [-0.3, -0.25) is 4.79 Å². The van der Waals surface area contributed by atoms with Gasteiger partial charge in [0, 0.05) is 29.1 Å². The number of methoxy groups -OCH3 is 1. The third-order valence-electron chi connectivity index (χ3n) is 5.35. The molecule has 1 unspecified atom stereocenters. The lowest BCUT2D eigenvalue weighted by atomic mass is 9.85. The van der Waals surface area contributed by atoms with Gasteiger partial charge in [0.2, 0.25) is 5.91 Å². The fraction of sp³-hybridized carbons (Fsp3) is 0.318. The van der Waals surface area contributed by atoms with Gasteiger partial charge in [0.1, 0.15) is 5.75 Å². The molecular formula is C22H24N2O2. The third-order valence-corrected chi connectivity index (χ3v) is 5.35. The number of carbonyl (C=O) groups excluding carboxylic acids is 1. The van der Waals surface area contributed by atoms with Gasteiger partial charge in [-0.1, -0.05) is 29.8 Å². The van der Waals surface area contributed by atoms with Crippen LogP contribution in [0.15, 0.2) is 42.5 Å². The van der Waals surface area contributed by atoms with Crippen LogP contribution in [0.3, 0.4) is 0 Å². The Morgan fingerprint density at radius 3 is 2.81 bits per heavy atom. The van der Waals surface area contributed by atoms with Crippen molar-refractivity contribution in [2.45, 2.75) is 32.7 Å². The number of ether oxygens (including phenoxy) is 1. The SMILES string of the molecule is COc1ccc2[nH]c3c(c2c1)CC(C(=O)NCc1ccc(C)cc1)CC3. The molecule has 0 bridgehead atoms. The molecule has 4 rings (SSSR count). The minimum Gasteiger partial charge on any atom is -0.497 e. The molecule has 1 aliphatic carbocycles. The summed E-state index contributed by atoms with van der Waals surface area (Å²) in [5.41, 5.74) is 6.01. The van der Waals surface area contributed by atoms with Crippen LogP contribution in [0.2, 0.25) is 0 Å². The zero-order chi connectivity index (χ0) is 18.1. The molecule has 1 amide bonds. The number of nitrogens with one attached hydrogen (secondary N) is 2. The maximum atomic E-state index is 12.7. The molecule has 134 valence electrons. The molecule has 0 aliphatic heterocycles. The van der Waals surface area contributed by atoms with Crippen LogP contribution in [0.5, 0.6) is 5.75 Å². The fourth-order valence-corrected chi connectivity index (χ4v) is 3.79. The second kappa shape index (κ2) is 6.87. The highest BCUT2D eigenvalue weighted by atomic mass is 16.5. The number of hydrogen-bond acceptors (Lipinski definition) is 2. The van der Waals surface area contributed by atoms with E-state index in [2.05, 4.69) is 53.6 Å². The molecule has 1 heterocycles. The lowest BCUT2D eigenvalue weighted by Gasteiger charge is -2.22. The van der Waals surface area contributed by atoms with Gasteiger partial charge >= 0.3 is 0 Å². The molecule has 0 saturated carbocycles. The summed E-state index contributed by atoms with van der Waals surface area (Å²) in [5.74, 6) is 1.02. The van der Waals surface area contributed by atoms with Gasteiger partial charge in [-0.05, 0) is 55.5 Å². The summed E-state index contributed by atoms with van der Waals surface area (Å²) in [7, 11) is 1.68. The van der Waals surface area contributed by atoms with Crippen molar-refractivity contribution in [2.75, 3.05) is 7.11 Å². The predicted molar refractivity (Wildman–Crippen MR) is 103 cm³/mol. The average Bonchev–Trinajstić information content (AvgIpc) is 3.04. The topological polar surface area (TPSA) is 54.1 Å². The predicted octanol–water partition coefficient (Wildman–Crippen LogP) is 3.91. The lowest BCUT2D eigenvalue weighted by Crippen LogP contribution is -2.33. The standard InChI is InChI=1S/C22H24N2O2/c1-14-3-5-15(6-4-14)13-23-22(25)16-7-9-20-18(11-16)19-12-17(26-2)8-10-21(19)24-20/h3-6,8,10,12,16,24H,7,9,11,13H2,1-2H3,(H,23,25). The Kier molecular flexibility index (Phi) is 4.41. The van der Waals surface area contributed by atoms with Crippen LogP contribution in [0.4, 0.5) is 0 Å². The number of carbonyl (C=O) groups is 1. The van der Waals surface area contributed by atoms with E-state index in [4.69, 9.17) is 4.74 Å². The molecule has 0 spiro atoms. The maximum absolute atomic E-state index is 12.7. The van der Waals surface area contributed by atoms with Crippen molar-refractivity contribution in [3.8, 4) is 5.75 Å². The number of rotatable bonds is 4. The van der Waals surface area contributed by atoms with E-state index in [-0.39, 0.29) is 11.8 Å². The van der Waals surface area contributed by atoms with Crippen molar-refractivity contribution >= 4 is 16.8 Å². The second-order valence-electron chi connectivity index (χ2n) is 7.14. The first kappa shape index (κ1) is 16.7. The van der Waals surface area contributed by atoms with E-state index < -0.39 is 0 Å². The quantitative estimate of drug-likeness (QED) is 0.751. The molecule has 0 radical (unpaired) electrons. The Morgan fingerprint density at radius 2 is 2.04 bits per heavy atom. The number of H-pyrrole nitrogens is 1. The second-order valence-corrected chi connectivity index (χ2v) is 7.14. The van der Waals surface area contributed by atoms with Crippen molar-refractivity contribution in [3.63, 3.8) is 0 Å². The number of aromatic amines is 1. The molecule has 3 aromatic rings. The molecule has 2 aromatic carbocycles. The van der Waals surface area contributed by atoms with E-state index in [1.807, 2.05) is 6.07 Å². The van der Waals surface area contributed by atoms with Gasteiger partial charge in [0.15, 0.2) is 0 Å². The van der Waals surface area contributed by atoms with E-state index in [1.54, 1.807) is 7.11 Å². The van der Waals surface area contributed by atoms with Crippen molar-refractivity contribution in [2.24, 2.45) is 5.92 Å². The van der Waals surface area contributed by atoms with Crippen LogP contribution in [-0.2, 0) is 24.2 Å². The monoisotopic (exact) mass is 348 g/mol. The number of benzene rings is 2. The van der Waals surface area contributed by atoms with Crippen LogP contribution < -0.4 is 10.1 Å². The smallest absolute Gasteiger partial charge is 0.223 e. The molecule has 1 atom stereocenters. The average molecular weight is 348 g/mol. The van der Waals surface area contributed by atoms with Gasteiger partial charge in [0.25, 0.3) is 0 Å². The van der Waals surface area contributed by atoms with Crippen molar-refractivity contribution in [3.05, 3.63) is 64.8 Å². The van der Waals surface area contributed by atoms with E-state index >= 15 is 0 Å². The molecule has 1 aromatic heterocycles.